The maximum Gasteiger partial charge on any atom is 0.156 e. The molecule has 0 amide bonds. The Morgan fingerprint density at radius 1 is 1.19 bits per heavy atom. The third-order valence-corrected chi connectivity index (χ3v) is 2.47. The first kappa shape index (κ1) is 13.4. The van der Waals surface area contributed by atoms with Gasteiger partial charge in [-0.3, -0.25) is 0 Å². The van der Waals surface area contributed by atoms with E-state index < -0.39 is 0 Å². The summed E-state index contributed by atoms with van der Waals surface area (Å²) in [6, 6.07) is 3.23. The predicted octanol–water partition coefficient (Wildman–Crippen LogP) is 3.38. The van der Waals surface area contributed by atoms with E-state index in [9.17, 15) is 0 Å². The molecule has 0 aliphatic carbocycles. The highest BCUT2D eigenvalue weighted by molar-refractivity contribution is 6.37. The van der Waals surface area contributed by atoms with Crippen molar-refractivity contribution in [2.45, 2.75) is 13.3 Å². The van der Waals surface area contributed by atoms with Crippen LogP contribution in [0.15, 0.2) is 12.1 Å². The van der Waals surface area contributed by atoms with Gasteiger partial charge in [0.25, 0.3) is 0 Å². The smallest absolute Gasteiger partial charge is 0.156 e. The molecule has 3 nitrogen and oxygen atoms in total. The molecule has 1 rings (SSSR count). The van der Waals surface area contributed by atoms with Crippen molar-refractivity contribution in [2.75, 3.05) is 25.6 Å². The molecule has 2 N–H and O–H groups in total. The normalized spacial score (nSPS) is 10.4. The third kappa shape index (κ3) is 4.08. The Kier molecular flexibility index (Phi) is 5.74. The first-order valence-electron chi connectivity index (χ1n) is 5.10. The van der Waals surface area contributed by atoms with Crippen LogP contribution in [0.25, 0.3) is 0 Å². The molecule has 0 aliphatic heterocycles. The highest BCUT2D eigenvalue weighted by Crippen LogP contribution is 2.35. The number of ether oxygens (including phenoxy) is 2. The van der Waals surface area contributed by atoms with Gasteiger partial charge >= 0.3 is 0 Å². The van der Waals surface area contributed by atoms with Crippen LogP contribution in [-0.2, 0) is 4.74 Å². The van der Waals surface area contributed by atoms with Gasteiger partial charge in [-0.05, 0) is 19.1 Å². The molecule has 0 bridgehead atoms. The number of halogens is 2. The molecule has 0 radical (unpaired) electrons. The van der Waals surface area contributed by atoms with Gasteiger partial charge in [-0.25, -0.2) is 0 Å². The van der Waals surface area contributed by atoms with Gasteiger partial charge in [-0.2, -0.15) is 0 Å². The molecule has 0 aromatic heterocycles. The molecule has 0 aliphatic rings. The van der Waals surface area contributed by atoms with Crippen molar-refractivity contribution in [1.82, 2.24) is 0 Å². The van der Waals surface area contributed by atoms with E-state index in [4.69, 9.17) is 38.4 Å². The minimum Gasteiger partial charge on any atom is -0.490 e. The molecule has 90 valence electrons. The lowest BCUT2D eigenvalue weighted by molar-refractivity contribution is 0.131. The monoisotopic (exact) mass is 263 g/mol. The average Bonchev–Trinajstić information content (AvgIpc) is 2.20. The molecule has 0 unspecified atom stereocenters. The molecule has 5 heteroatoms. The summed E-state index contributed by atoms with van der Waals surface area (Å²) in [6.45, 7) is 3.85. The van der Waals surface area contributed by atoms with Crippen LogP contribution < -0.4 is 10.5 Å². The molecular weight excluding hydrogens is 249 g/mol. The van der Waals surface area contributed by atoms with Gasteiger partial charge in [-0.15, -0.1) is 0 Å². The largest absolute Gasteiger partial charge is 0.490 e. The lowest BCUT2D eigenvalue weighted by Gasteiger charge is -2.10. The van der Waals surface area contributed by atoms with E-state index in [0.29, 0.717) is 41.3 Å². The van der Waals surface area contributed by atoms with Crippen molar-refractivity contribution >= 4 is 28.9 Å². The number of hydrogen-bond acceptors (Lipinski definition) is 3. The lowest BCUT2D eigenvalue weighted by Crippen LogP contribution is -2.03. The maximum atomic E-state index is 5.95. The van der Waals surface area contributed by atoms with Crippen LogP contribution in [0.3, 0.4) is 0 Å². The van der Waals surface area contributed by atoms with Gasteiger partial charge in [0.05, 0.1) is 16.7 Å². The summed E-state index contributed by atoms with van der Waals surface area (Å²) in [7, 11) is 0. The fourth-order valence-electron chi connectivity index (χ4n) is 1.20. The Morgan fingerprint density at radius 3 is 2.38 bits per heavy atom. The zero-order chi connectivity index (χ0) is 12.0. The molecule has 0 heterocycles. The summed E-state index contributed by atoms with van der Waals surface area (Å²) in [6.07, 6.45) is 0.797. The van der Waals surface area contributed by atoms with E-state index in [2.05, 4.69) is 0 Å². The number of benzene rings is 1. The molecular formula is C11H15Cl2NO2. The molecule has 0 spiro atoms. The summed E-state index contributed by atoms with van der Waals surface area (Å²) in [4.78, 5) is 0. The topological polar surface area (TPSA) is 44.5 Å². The molecule has 0 saturated heterocycles. The van der Waals surface area contributed by atoms with Gasteiger partial charge in [0.2, 0.25) is 0 Å². The summed E-state index contributed by atoms with van der Waals surface area (Å²) in [5.41, 5.74) is 6.10. The van der Waals surface area contributed by atoms with E-state index in [1.54, 1.807) is 12.1 Å². The van der Waals surface area contributed by atoms with Crippen molar-refractivity contribution < 1.29 is 9.47 Å². The highest BCUT2D eigenvalue weighted by atomic mass is 35.5. The van der Waals surface area contributed by atoms with Gasteiger partial charge in [-0.1, -0.05) is 23.2 Å². The van der Waals surface area contributed by atoms with Crippen molar-refractivity contribution in [2.24, 2.45) is 0 Å². The molecule has 1 aromatic carbocycles. The maximum absolute atomic E-state index is 5.95. The standard InChI is InChI=1S/C11H15Cl2NO2/c1-2-15-4-3-5-16-11-9(12)6-8(14)7-10(11)13/h6-7H,2-5,14H2,1H3. The summed E-state index contributed by atoms with van der Waals surface area (Å²) < 4.78 is 10.7. The molecule has 0 fully saturated rings. The van der Waals surface area contributed by atoms with Crippen LogP contribution in [0.2, 0.25) is 10.0 Å². The van der Waals surface area contributed by atoms with E-state index in [1.807, 2.05) is 6.92 Å². The van der Waals surface area contributed by atoms with E-state index in [0.717, 1.165) is 6.42 Å². The second kappa shape index (κ2) is 6.84. The average molecular weight is 264 g/mol. The van der Waals surface area contributed by atoms with Crippen LogP contribution in [0, 0.1) is 0 Å². The van der Waals surface area contributed by atoms with Crippen molar-refractivity contribution in [3.8, 4) is 5.75 Å². The first-order chi connectivity index (χ1) is 7.65. The Morgan fingerprint density at radius 2 is 1.81 bits per heavy atom. The number of nitrogen functional groups attached to an aromatic ring is 1. The first-order valence-corrected chi connectivity index (χ1v) is 5.85. The van der Waals surface area contributed by atoms with E-state index >= 15 is 0 Å². The Balaban J connectivity index is 2.47. The second-order valence-electron chi connectivity index (χ2n) is 3.21. The predicted molar refractivity (Wildman–Crippen MR) is 67.5 cm³/mol. The zero-order valence-electron chi connectivity index (χ0n) is 9.13. The summed E-state index contributed by atoms with van der Waals surface area (Å²) in [5.74, 6) is 0.481. The number of anilines is 1. The fourth-order valence-corrected chi connectivity index (χ4v) is 1.81. The SMILES string of the molecule is CCOCCCOc1c(Cl)cc(N)cc1Cl. The minimum absolute atomic E-state index is 0.432. The van der Waals surface area contributed by atoms with E-state index in [-0.39, 0.29) is 0 Å². The van der Waals surface area contributed by atoms with Crippen LogP contribution in [0.1, 0.15) is 13.3 Å². The van der Waals surface area contributed by atoms with Gasteiger partial charge in [0, 0.05) is 25.3 Å². The van der Waals surface area contributed by atoms with Crippen LogP contribution in [0.5, 0.6) is 5.75 Å². The van der Waals surface area contributed by atoms with Crippen molar-refractivity contribution in [3.63, 3.8) is 0 Å². The third-order valence-electron chi connectivity index (χ3n) is 1.90. The van der Waals surface area contributed by atoms with Crippen molar-refractivity contribution in [3.05, 3.63) is 22.2 Å². The minimum atomic E-state index is 0.432. The number of nitrogens with two attached hydrogens (primary N) is 1. The quantitative estimate of drug-likeness (QED) is 0.632. The molecule has 16 heavy (non-hydrogen) atoms. The summed E-state index contributed by atoms with van der Waals surface area (Å²) >= 11 is 11.9. The highest BCUT2D eigenvalue weighted by Gasteiger charge is 2.08. The molecule has 1 aromatic rings. The molecule has 0 atom stereocenters. The summed E-state index contributed by atoms with van der Waals surface area (Å²) in [5, 5.41) is 0.864. The number of rotatable bonds is 6. The fraction of sp³-hybridized carbons (Fsp3) is 0.455. The van der Waals surface area contributed by atoms with Crippen LogP contribution >= 0.6 is 23.2 Å². The van der Waals surface area contributed by atoms with Gasteiger partial charge in [0.1, 0.15) is 0 Å². The number of hydrogen-bond donors (Lipinski definition) is 1. The van der Waals surface area contributed by atoms with Crippen LogP contribution in [-0.4, -0.2) is 19.8 Å². The molecule has 0 saturated carbocycles. The van der Waals surface area contributed by atoms with E-state index in [1.165, 1.54) is 0 Å². The second-order valence-corrected chi connectivity index (χ2v) is 4.03. The van der Waals surface area contributed by atoms with Crippen LogP contribution in [0.4, 0.5) is 5.69 Å². The Hall–Kier alpha value is -0.640. The zero-order valence-corrected chi connectivity index (χ0v) is 10.6. The Bertz CT molecular complexity index is 322. The lowest BCUT2D eigenvalue weighted by atomic mass is 10.3. The van der Waals surface area contributed by atoms with Crippen molar-refractivity contribution in [1.29, 1.82) is 0 Å². The van der Waals surface area contributed by atoms with Gasteiger partial charge in [0.15, 0.2) is 5.75 Å². The Labute approximate surface area is 105 Å². The van der Waals surface area contributed by atoms with Gasteiger partial charge < -0.3 is 15.2 Å².